The summed E-state index contributed by atoms with van der Waals surface area (Å²) in [5, 5.41) is 17.4. The van der Waals surface area contributed by atoms with Crippen LogP contribution < -0.4 is 21.3 Å². The highest BCUT2D eigenvalue weighted by atomic mass is 16.5. The van der Waals surface area contributed by atoms with Crippen LogP contribution >= 0.6 is 0 Å². The number of carbonyl (C=O) groups excluding carboxylic acids is 7. The lowest BCUT2D eigenvalue weighted by Crippen LogP contribution is -2.48. The number of ketones is 1. The summed E-state index contributed by atoms with van der Waals surface area (Å²) in [4.78, 5) is 87.3. The molecule has 0 spiro atoms. The third kappa shape index (κ3) is 10.5. The van der Waals surface area contributed by atoms with Crippen LogP contribution in [-0.4, -0.2) is 77.0 Å². The minimum atomic E-state index is -1.26. The van der Waals surface area contributed by atoms with Gasteiger partial charge < -0.3 is 25.2 Å². The van der Waals surface area contributed by atoms with Crippen molar-refractivity contribution in [2.24, 2.45) is 0 Å². The molecule has 0 aromatic heterocycles. The largest absolute Gasteiger partial charge is 0.481 e. The zero-order valence-electron chi connectivity index (χ0n) is 22.2. The molecule has 38 heavy (non-hydrogen) atoms. The van der Waals surface area contributed by atoms with Crippen LogP contribution in [0.3, 0.4) is 0 Å². The van der Waals surface area contributed by atoms with Crippen LogP contribution in [0.25, 0.3) is 0 Å². The van der Waals surface area contributed by atoms with Gasteiger partial charge in [-0.05, 0) is 26.7 Å². The van der Waals surface area contributed by atoms with Crippen molar-refractivity contribution in [1.29, 1.82) is 0 Å². The molecule has 2 saturated heterocycles. The van der Waals surface area contributed by atoms with Crippen molar-refractivity contribution in [3.05, 3.63) is 0 Å². The van der Waals surface area contributed by atoms with Crippen LogP contribution in [0, 0.1) is 0 Å². The summed E-state index contributed by atoms with van der Waals surface area (Å²) < 4.78 is 9.30. The SMILES string of the molecule is CCC1(CC(=O)O)NC(=O)NC1=O.CCOC(=O)CC(=O)CC.CCOC(=O)CC1(CC)NC(=O)NC1=O. The number of imide groups is 2. The van der Waals surface area contributed by atoms with E-state index in [1.54, 1.807) is 34.6 Å². The molecule has 2 rings (SSSR count). The molecule has 0 aromatic carbocycles. The number of carboxylic acids is 1. The third-order valence-corrected chi connectivity index (χ3v) is 5.48. The number of Topliss-reactive ketones (excluding diaryl/α,β-unsaturated/α-hetero) is 1. The Bertz CT molecular complexity index is 936. The number of ether oxygens (including phenoxy) is 2. The van der Waals surface area contributed by atoms with Crippen molar-refractivity contribution < 1.29 is 52.9 Å². The molecule has 15 heteroatoms. The second kappa shape index (κ2) is 15.9. The fraction of sp³-hybridized carbons (Fsp3) is 0.652. The lowest BCUT2D eigenvalue weighted by Gasteiger charge is -2.22. The summed E-state index contributed by atoms with van der Waals surface area (Å²) in [7, 11) is 0. The molecule has 2 aliphatic heterocycles. The van der Waals surface area contributed by atoms with Crippen molar-refractivity contribution in [3.8, 4) is 0 Å². The smallest absolute Gasteiger partial charge is 0.322 e. The van der Waals surface area contributed by atoms with Crippen LogP contribution in [0.4, 0.5) is 9.59 Å². The Morgan fingerprint density at radius 2 is 1.13 bits per heavy atom. The molecule has 0 aliphatic carbocycles. The van der Waals surface area contributed by atoms with Crippen molar-refractivity contribution in [2.75, 3.05) is 13.2 Å². The molecule has 2 unspecified atom stereocenters. The van der Waals surface area contributed by atoms with Gasteiger partial charge in [-0.3, -0.25) is 39.4 Å². The number of amides is 6. The molecule has 0 bridgehead atoms. The molecule has 0 radical (unpaired) electrons. The lowest BCUT2D eigenvalue weighted by atomic mass is 9.92. The molecule has 2 fully saturated rings. The number of carbonyl (C=O) groups is 8. The van der Waals surface area contributed by atoms with Gasteiger partial charge in [0.2, 0.25) is 0 Å². The Morgan fingerprint density at radius 1 is 0.711 bits per heavy atom. The molecule has 15 nitrogen and oxygen atoms in total. The van der Waals surface area contributed by atoms with E-state index in [0.717, 1.165) is 0 Å². The van der Waals surface area contributed by atoms with Crippen LogP contribution in [-0.2, 0) is 38.2 Å². The van der Waals surface area contributed by atoms with Gasteiger partial charge in [0, 0.05) is 6.42 Å². The molecule has 2 aliphatic rings. The first-order valence-corrected chi connectivity index (χ1v) is 12.1. The highest BCUT2D eigenvalue weighted by Crippen LogP contribution is 2.20. The number of nitrogens with one attached hydrogen (secondary N) is 4. The topological polar surface area (TPSA) is 223 Å². The number of esters is 2. The molecule has 6 amide bonds. The van der Waals surface area contributed by atoms with E-state index in [2.05, 4.69) is 20.7 Å². The standard InChI is InChI=1S/C9H14N2O4.C7H10N2O4.C7H12O3/c1-3-9(5-6(12)15-4-2)7(13)10-8(14)11-9;1-2-7(3-4(10)11)5(12)8-6(13)9-7;1-3-6(8)5-7(9)10-4-2/h3-5H2,1-2H3,(H2,10,11,13,14);2-3H2,1H3,(H,10,11)(H2,8,9,12,13);3-5H2,1-2H3. The minimum Gasteiger partial charge on any atom is -0.481 e. The first-order chi connectivity index (χ1) is 17.7. The van der Waals surface area contributed by atoms with Crippen LogP contribution in [0.5, 0.6) is 0 Å². The molecular weight excluding hydrogens is 508 g/mol. The van der Waals surface area contributed by atoms with E-state index in [9.17, 15) is 38.4 Å². The molecular formula is C23H36N4O11. The van der Waals surface area contributed by atoms with Gasteiger partial charge in [-0.2, -0.15) is 0 Å². The van der Waals surface area contributed by atoms with E-state index >= 15 is 0 Å². The number of hydrogen-bond acceptors (Lipinski definition) is 10. The maximum Gasteiger partial charge on any atom is 0.322 e. The predicted octanol–water partition coefficient (Wildman–Crippen LogP) is 0.296. The van der Waals surface area contributed by atoms with Crippen LogP contribution in [0.15, 0.2) is 0 Å². The summed E-state index contributed by atoms with van der Waals surface area (Å²) in [5.41, 5.74) is -2.40. The zero-order valence-corrected chi connectivity index (χ0v) is 22.2. The van der Waals surface area contributed by atoms with Crippen molar-refractivity contribution in [3.63, 3.8) is 0 Å². The number of rotatable bonds is 11. The van der Waals surface area contributed by atoms with Gasteiger partial charge in [0.15, 0.2) is 0 Å². The Morgan fingerprint density at radius 3 is 1.45 bits per heavy atom. The van der Waals surface area contributed by atoms with Crippen LogP contribution in [0.2, 0.25) is 0 Å². The van der Waals surface area contributed by atoms with Gasteiger partial charge in [-0.25, -0.2) is 9.59 Å². The predicted molar refractivity (Wildman–Crippen MR) is 129 cm³/mol. The zero-order chi connectivity index (χ0) is 29.5. The number of aliphatic carboxylic acids is 1. The number of carboxylic acid groups (broad SMARTS) is 1. The molecule has 2 heterocycles. The van der Waals surface area contributed by atoms with Gasteiger partial charge >= 0.3 is 30.0 Å². The third-order valence-electron chi connectivity index (χ3n) is 5.48. The average molecular weight is 545 g/mol. The van der Waals surface area contributed by atoms with Gasteiger partial charge in [-0.1, -0.05) is 20.8 Å². The molecule has 214 valence electrons. The fourth-order valence-corrected chi connectivity index (χ4v) is 3.27. The second-order valence-electron chi connectivity index (χ2n) is 8.11. The summed E-state index contributed by atoms with van der Waals surface area (Å²) in [6.45, 7) is 9.10. The maximum absolute atomic E-state index is 11.5. The Balaban J connectivity index is 0.000000553. The summed E-state index contributed by atoms with van der Waals surface area (Å²) >= 11 is 0. The first kappa shape index (κ1) is 34.0. The van der Waals surface area contributed by atoms with Crippen molar-refractivity contribution in [2.45, 2.75) is 84.2 Å². The number of urea groups is 2. The Hall–Kier alpha value is -4.04. The van der Waals surface area contributed by atoms with Crippen molar-refractivity contribution in [1.82, 2.24) is 21.3 Å². The Labute approximate surface area is 219 Å². The van der Waals surface area contributed by atoms with Gasteiger partial charge in [0.05, 0.1) is 26.1 Å². The average Bonchev–Trinajstić information content (AvgIpc) is 3.27. The van der Waals surface area contributed by atoms with Crippen LogP contribution in [0.1, 0.15) is 73.1 Å². The van der Waals surface area contributed by atoms with Gasteiger partial charge in [0.25, 0.3) is 11.8 Å². The molecule has 0 saturated carbocycles. The molecule has 2 atom stereocenters. The van der Waals surface area contributed by atoms with E-state index in [0.29, 0.717) is 19.4 Å². The van der Waals surface area contributed by atoms with E-state index in [-0.39, 0.29) is 38.1 Å². The van der Waals surface area contributed by atoms with E-state index in [1.807, 2.05) is 5.32 Å². The summed E-state index contributed by atoms with van der Waals surface area (Å²) in [5.74, 6) is -3.13. The van der Waals surface area contributed by atoms with E-state index < -0.39 is 52.9 Å². The number of hydrogen-bond donors (Lipinski definition) is 5. The molecule has 5 N–H and O–H groups in total. The maximum atomic E-state index is 11.5. The quantitative estimate of drug-likeness (QED) is 0.135. The van der Waals surface area contributed by atoms with Crippen molar-refractivity contribution >= 4 is 47.6 Å². The van der Waals surface area contributed by atoms with E-state index in [1.165, 1.54) is 0 Å². The fourth-order valence-electron chi connectivity index (χ4n) is 3.27. The highest BCUT2D eigenvalue weighted by Gasteiger charge is 2.47. The van der Waals surface area contributed by atoms with Gasteiger partial charge in [0.1, 0.15) is 23.3 Å². The Kier molecular flexibility index (Phi) is 14.2. The lowest BCUT2D eigenvalue weighted by molar-refractivity contribution is -0.147. The summed E-state index contributed by atoms with van der Waals surface area (Å²) in [6, 6.07) is -1.20. The van der Waals surface area contributed by atoms with Gasteiger partial charge in [-0.15, -0.1) is 0 Å². The first-order valence-electron chi connectivity index (χ1n) is 12.1. The monoisotopic (exact) mass is 544 g/mol. The van der Waals surface area contributed by atoms with E-state index in [4.69, 9.17) is 9.84 Å². The molecule has 0 aromatic rings. The second-order valence-corrected chi connectivity index (χ2v) is 8.11. The normalized spacial score (nSPS) is 21.3. The minimum absolute atomic E-state index is 0.0709. The highest BCUT2D eigenvalue weighted by molar-refractivity contribution is 6.09. The summed E-state index contributed by atoms with van der Waals surface area (Å²) in [6.07, 6.45) is 0.416.